The van der Waals surface area contributed by atoms with Crippen LogP contribution in [0, 0.1) is 23.7 Å². The van der Waals surface area contributed by atoms with E-state index in [2.05, 4.69) is 48.8 Å². The highest BCUT2D eigenvalue weighted by molar-refractivity contribution is 7.13. The van der Waals surface area contributed by atoms with Crippen LogP contribution in [0.3, 0.4) is 0 Å². The quantitative estimate of drug-likeness (QED) is 0.0135. The minimum Gasteiger partial charge on any atom is -0.379 e. The van der Waals surface area contributed by atoms with Crippen LogP contribution < -0.4 is 54.8 Å². The van der Waals surface area contributed by atoms with Crippen molar-refractivity contribution in [1.29, 1.82) is 0 Å². The zero-order valence-corrected chi connectivity index (χ0v) is 58.0. The molecular formula is C68H126N12O14S. The molecule has 95 heavy (non-hydrogen) atoms. The molecule has 0 radical (unpaired) electrons. The summed E-state index contributed by atoms with van der Waals surface area (Å²) >= 11 is 1.10. The van der Waals surface area contributed by atoms with Gasteiger partial charge < -0.3 is 73.8 Å². The maximum atomic E-state index is 13.8. The molecule has 0 bridgehead atoms. The fourth-order valence-corrected chi connectivity index (χ4v) is 10.6. The molecule has 26 nitrogen and oxygen atoms in total. The number of Topliss-reactive ketones (excluding diaryl/α,β-unsaturated/α-hetero) is 3. The summed E-state index contributed by atoms with van der Waals surface area (Å²) in [6, 6.07) is -5.00. The lowest BCUT2D eigenvalue weighted by atomic mass is 9.90. The van der Waals surface area contributed by atoms with E-state index in [4.69, 9.17) is 41.9 Å². The van der Waals surface area contributed by atoms with Crippen LogP contribution >= 0.6 is 11.3 Å². The molecule has 0 aliphatic carbocycles. The first-order valence-electron chi connectivity index (χ1n) is 34.2. The number of aliphatic imine (C=N–C) groups is 1. The van der Waals surface area contributed by atoms with Crippen molar-refractivity contribution in [2.75, 3.05) is 78.2 Å². The van der Waals surface area contributed by atoms with Gasteiger partial charge in [0.15, 0.2) is 22.7 Å². The van der Waals surface area contributed by atoms with Gasteiger partial charge >= 0.3 is 0 Å². The number of nitrogen functional groups attached to an aromatic ring is 1. The van der Waals surface area contributed by atoms with E-state index >= 15 is 0 Å². The number of ketones is 3. The normalized spacial score (nSPS) is 13.0. The molecule has 1 heterocycles. The number of carbonyl (C=O) groups excluding carboxylic acids is 10. The van der Waals surface area contributed by atoms with Crippen molar-refractivity contribution in [2.45, 2.75) is 254 Å². The Balaban J connectivity index is 0. The standard InChI is InChI=1S/C66H118N12O14S.2CH4/c1-8-10-11-12-13-14-15-16-17-18-19-20-21-27-50(79)28-22-24-32-89-34-36-91-37-35-90-33-25-23-29-51(80)43-92-44-58(83)71-31-26-30-52(60(67)84)75-62(86)53(39-47(5)6)76-63(87)54(41-73-65(68)69)74-57(82)42-72-64(88)59(48(7)9-2)78-61(85)49(38-46(3)4)40-56(81)55-45-93-66(70)77-55;;/h45-49,52-54,59H,8-44H2,1-7H3,(H2,67,84)(H2,70,77)(H,71,83)(H,72,88)(H,74,82)(H,75,86)(H,76,87)(H,78,85)(H4,68,69,73);2*1H4/t48?,49-,52+,53+,54+,59+;;/m1../s1. The Bertz CT molecular complexity index is 2360. The summed E-state index contributed by atoms with van der Waals surface area (Å²) in [6.45, 7) is 14.4. The molecule has 0 aromatic carbocycles. The average molecular weight is 1370 g/mol. The Morgan fingerprint density at radius 2 is 1.05 bits per heavy atom. The number of guanidine groups is 1. The van der Waals surface area contributed by atoms with Crippen LogP contribution in [0.4, 0.5) is 5.13 Å². The number of carbonyl (C=O) groups is 10. The smallest absolute Gasteiger partial charge is 0.246 e. The second kappa shape index (κ2) is 57.0. The summed E-state index contributed by atoms with van der Waals surface area (Å²) in [6.07, 6.45) is 22.3. The van der Waals surface area contributed by atoms with Crippen LogP contribution in [0.1, 0.15) is 241 Å². The number of amides is 7. The van der Waals surface area contributed by atoms with Crippen molar-refractivity contribution in [1.82, 2.24) is 36.9 Å². The Labute approximate surface area is 572 Å². The third-order valence-electron chi connectivity index (χ3n) is 15.5. The summed E-state index contributed by atoms with van der Waals surface area (Å²) in [5.74, 6) is -6.97. The topological polar surface area (TPSA) is 409 Å². The summed E-state index contributed by atoms with van der Waals surface area (Å²) in [5.41, 5.74) is 22.6. The van der Waals surface area contributed by atoms with Gasteiger partial charge in [-0.1, -0.05) is 147 Å². The Morgan fingerprint density at radius 3 is 1.57 bits per heavy atom. The fourth-order valence-electron chi connectivity index (χ4n) is 9.99. The lowest BCUT2D eigenvalue weighted by molar-refractivity contribution is -0.134. The molecule has 1 aromatic rings. The molecular weight excluding hydrogens is 1240 g/mol. The van der Waals surface area contributed by atoms with E-state index in [1.165, 1.54) is 76.0 Å². The highest BCUT2D eigenvalue weighted by Gasteiger charge is 2.33. The number of aromatic nitrogens is 1. The molecule has 0 aliphatic rings. The molecule has 27 heteroatoms. The maximum absolute atomic E-state index is 13.8. The van der Waals surface area contributed by atoms with Crippen LogP contribution in [-0.4, -0.2) is 166 Å². The Morgan fingerprint density at radius 1 is 0.537 bits per heavy atom. The van der Waals surface area contributed by atoms with Gasteiger partial charge in [0.2, 0.25) is 41.4 Å². The predicted octanol–water partition coefficient (Wildman–Crippen LogP) is 7.06. The number of thiazole rings is 1. The molecule has 0 saturated carbocycles. The molecule has 0 fully saturated rings. The van der Waals surface area contributed by atoms with Gasteiger partial charge in [-0.05, 0) is 75.5 Å². The van der Waals surface area contributed by atoms with Gasteiger partial charge in [-0.15, -0.1) is 11.3 Å². The number of ether oxygens (including phenoxy) is 4. The summed E-state index contributed by atoms with van der Waals surface area (Å²) < 4.78 is 22.1. The minimum atomic E-state index is -1.46. The first kappa shape index (κ1) is 90.9. The molecule has 0 aliphatic heterocycles. The van der Waals surface area contributed by atoms with Crippen LogP contribution in [0.15, 0.2) is 10.4 Å². The molecule has 7 amide bonds. The van der Waals surface area contributed by atoms with Crippen molar-refractivity contribution >= 4 is 81.1 Å². The van der Waals surface area contributed by atoms with Gasteiger partial charge in [0.25, 0.3) is 0 Å². The van der Waals surface area contributed by atoms with Gasteiger partial charge in [-0.2, -0.15) is 0 Å². The van der Waals surface area contributed by atoms with Gasteiger partial charge in [0.05, 0.1) is 39.5 Å². The highest BCUT2D eigenvalue weighted by atomic mass is 32.1. The lowest BCUT2D eigenvalue weighted by Gasteiger charge is -2.27. The van der Waals surface area contributed by atoms with Gasteiger partial charge in [-0.25, -0.2) is 4.98 Å². The van der Waals surface area contributed by atoms with E-state index in [-0.39, 0.29) is 101 Å². The molecule has 6 atom stereocenters. The summed E-state index contributed by atoms with van der Waals surface area (Å²) in [4.78, 5) is 139. The van der Waals surface area contributed by atoms with E-state index in [1.54, 1.807) is 20.8 Å². The number of nitrogens with zero attached hydrogens (tertiary/aromatic N) is 2. The predicted molar refractivity (Wildman–Crippen MR) is 375 cm³/mol. The number of anilines is 1. The number of primary amides is 1. The molecule has 1 rings (SSSR count). The van der Waals surface area contributed by atoms with Crippen molar-refractivity contribution in [3.8, 4) is 0 Å². The van der Waals surface area contributed by atoms with Crippen LogP contribution in [0.2, 0.25) is 0 Å². The van der Waals surface area contributed by atoms with Crippen molar-refractivity contribution in [2.24, 2.45) is 45.9 Å². The van der Waals surface area contributed by atoms with E-state index in [0.717, 1.165) is 37.0 Å². The third-order valence-corrected chi connectivity index (χ3v) is 16.1. The Hall–Kier alpha value is -6.16. The SMILES string of the molecule is C.C.CCCCCCCCCCCCCCCC(=O)CCCCOCCOCCOCCCCC(=O)COCC(=O)NCCC[C@H](NC(=O)[C@H](CC(C)C)NC(=O)[C@H](CN=C(N)N)NC(=O)CNC(=O)[C@@H](NC(=O)[C@@H](CC(=O)c1csc(N)n1)CC(C)C)C(C)CC)C(N)=O. The van der Waals surface area contributed by atoms with Crippen molar-refractivity contribution < 1.29 is 66.9 Å². The van der Waals surface area contributed by atoms with Crippen molar-refractivity contribution in [3.63, 3.8) is 0 Å². The third kappa shape index (κ3) is 47.4. The van der Waals surface area contributed by atoms with E-state index in [0.29, 0.717) is 83.9 Å². The molecule has 1 aromatic heterocycles. The number of nitrogens with one attached hydrogen (secondary N) is 6. The second-order valence-electron chi connectivity index (χ2n) is 25.0. The zero-order chi connectivity index (χ0) is 69.2. The van der Waals surface area contributed by atoms with Gasteiger partial charge in [-0.3, -0.25) is 52.9 Å². The number of unbranched alkanes of at least 4 members (excludes halogenated alkanes) is 14. The molecule has 548 valence electrons. The molecule has 14 N–H and O–H groups in total. The van der Waals surface area contributed by atoms with Crippen LogP contribution in [-0.2, 0) is 62.1 Å². The summed E-state index contributed by atoms with van der Waals surface area (Å²) in [7, 11) is 0. The highest BCUT2D eigenvalue weighted by Crippen LogP contribution is 2.22. The number of hydrogen-bond acceptors (Lipinski definition) is 18. The van der Waals surface area contributed by atoms with Crippen molar-refractivity contribution in [3.05, 3.63) is 11.1 Å². The van der Waals surface area contributed by atoms with E-state index in [9.17, 15) is 47.9 Å². The lowest BCUT2D eigenvalue weighted by Crippen LogP contribution is -2.58. The second-order valence-corrected chi connectivity index (χ2v) is 25.9. The molecule has 0 spiro atoms. The fraction of sp³-hybridized carbons (Fsp3) is 0.794. The largest absolute Gasteiger partial charge is 0.379 e. The summed E-state index contributed by atoms with van der Waals surface area (Å²) in [5, 5.41) is 17.3. The number of rotatable bonds is 60. The molecule has 1 unspecified atom stereocenters. The average Bonchev–Trinajstić information content (AvgIpc) is 1.75. The monoisotopic (exact) mass is 1370 g/mol. The van der Waals surface area contributed by atoms with Crippen LogP contribution in [0.5, 0.6) is 0 Å². The first-order valence-corrected chi connectivity index (χ1v) is 35.0. The first-order chi connectivity index (χ1) is 44.5. The zero-order valence-electron chi connectivity index (χ0n) is 57.2. The van der Waals surface area contributed by atoms with E-state index < -0.39 is 96.4 Å². The van der Waals surface area contributed by atoms with Crippen LogP contribution in [0.25, 0.3) is 0 Å². The van der Waals surface area contributed by atoms with Gasteiger partial charge in [0, 0.05) is 56.7 Å². The Kier molecular flexibility index (Phi) is 54.5. The molecule has 0 saturated heterocycles. The maximum Gasteiger partial charge on any atom is 0.246 e. The number of nitrogens with two attached hydrogens (primary N) is 4. The van der Waals surface area contributed by atoms with Gasteiger partial charge in [0.1, 0.15) is 48.9 Å². The number of hydrogen-bond donors (Lipinski definition) is 10. The van der Waals surface area contributed by atoms with E-state index in [1.807, 2.05) is 20.8 Å². The minimum absolute atomic E-state index is 0.